The number of imidazole rings is 1. The number of fused-ring (bicyclic) bond motifs is 5. The lowest BCUT2D eigenvalue weighted by atomic mass is 10.1. The largest absolute Gasteiger partial charge is 0.370 e. The molecule has 0 radical (unpaired) electrons. The molecule has 0 N–H and O–H groups in total. The molecular formula is C21H18F2N6. The maximum Gasteiger partial charge on any atom is 0.161 e. The minimum absolute atomic E-state index is 0.288. The number of benzene rings is 1. The summed E-state index contributed by atoms with van der Waals surface area (Å²) in [6.07, 6.45) is 2.75. The molecule has 0 bridgehead atoms. The molecule has 146 valence electrons. The standard InChI is InChI=1S/C21H18F2N6/c1-27-5-2-6-28(8-7-27)18-3-4-25-21-14(18)9-13(12-24)20-26-17-10-15(22)16(23)11-19(17)29(20)21/h3-4,9-11H,2,5-8H2,1H3. The summed E-state index contributed by atoms with van der Waals surface area (Å²) >= 11 is 0. The van der Waals surface area contributed by atoms with Gasteiger partial charge >= 0.3 is 0 Å². The highest BCUT2D eigenvalue weighted by molar-refractivity contribution is 5.97. The lowest BCUT2D eigenvalue weighted by molar-refractivity contribution is 0.360. The third-order valence-corrected chi connectivity index (χ3v) is 5.56. The van der Waals surface area contributed by atoms with E-state index in [0.29, 0.717) is 22.4 Å². The van der Waals surface area contributed by atoms with Gasteiger partial charge in [-0.1, -0.05) is 0 Å². The first-order valence-electron chi connectivity index (χ1n) is 9.49. The van der Waals surface area contributed by atoms with Gasteiger partial charge in [0.25, 0.3) is 0 Å². The zero-order chi connectivity index (χ0) is 20.1. The van der Waals surface area contributed by atoms with Crippen molar-refractivity contribution in [2.24, 2.45) is 0 Å². The highest BCUT2D eigenvalue weighted by Crippen LogP contribution is 2.32. The fourth-order valence-electron chi connectivity index (χ4n) is 4.09. The molecule has 1 saturated heterocycles. The van der Waals surface area contributed by atoms with Crippen LogP contribution >= 0.6 is 0 Å². The van der Waals surface area contributed by atoms with E-state index in [4.69, 9.17) is 0 Å². The molecule has 4 heterocycles. The lowest BCUT2D eigenvalue weighted by Gasteiger charge is -2.24. The number of pyridine rings is 2. The van der Waals surface area contributed by atoms with Crippen LogP contribution in [0.2, 0.25) is 0 Å². The van der Waals surface area contributed by atoms with E-state index < -0.39 is 11.6 Å². The predicted molar refractivity (Wildman–Crippen MR) is 107 cm³/mol. The maximum atomic E-state index is 14.0. The Kier molecular flexibility index (Phi) is 4.07. The summed E-state index contributed by atoms with van der Waals surface area (Å²) in [5.74, 6) is -1.92. The molecule has 1 aliphatic heterocycles. The van der Waals surface area contributed by atoms with Gasteiger partial charge in [0.15, 0.2) is 17.3 Å². The smallest absolute Gasteiger partial charge is 0.161 e. The van der Waals surface area contributed by atoms with E-state index >= 15 is 0 Å². The monoisotopic (exact) mass is 392 g/mol. The minimum atomic E-state index is -0.967. The van der Waals surface area contributed by atoms with Crippen LogP contribution in [0.4, 0.5) is 14.5 Å². The van der Waals surface area contributed by atoms with Crippen LogP contribution in [0, 0.1) is 23.0 Å². The maximum absolute atomic E-state index is 14.0. The van der Waals surface area contributed by atoms with Gasteiger partial charge in [0.2, 0.25) is 0 Å². The molecule has 0 unspecified atom stereocenters. The Morgan fingerprint density at radius 1 is 1.03 bits per heavy atom. The number of hydrogen-bond donors (Lipinski definition) is 0. The number of rotatable bonds is 1. The molecule has 8 heteroatoms. The van der Waals surface area contributed by atoms with E-state index in [2.05, 4.69) is 32.9 Å². The third kappa shape index (κ3) is 2.77. The van der Waals surface area contributed by atoms with Gasteiger partial charge < -0.3 is 9.80 Å². The van der Waals surface area contributed by atoms with Crippen LogP contribution in [-0.2, 0) is 0 Å². The molecule has 0 atom stereocenters. The fourth-order valence-corrected chi connectivity index (χ4v) is 4.09. The van der Waals surface area contributed by atoms with Crippen molar-refractivity contribution in [2.45, 2.75) is 6.42 Å². The number of anilines is 1. The van der Waals surface area contributed by atoms with Gasteiger partial charge in [-0.25, -0.2) is 18.7 Å². The first-order chi connectivity index (χ1) is 14.1. The molecule has 4 aromatic rings. The number of nitriles is 1. The number of likely N-dealkylation sites (N-methyl/N-ethyl adjacent to an activating group) is 1. The Hall–Kier alpha value is -3.31. The van der Waals surface area contributed by atoms with Crippen LogP contribution in [0.15, 0.2) is 30.5 Å². The predicted octanol–water partition coefficient (Wildman–Crippen LogP) is 3.33. The number of aromatic nitrogens is 3. The molecule has 1 fully saturated rings. The van der Waals surface area contributed by atoms with Crippen molar-refractivity contribution in [3.05, 3.63) is 47.7 Å². The fraction of sp³-hybridized carbons (Fsp3) is 0.286. The van der Waals surface area contributed by atoms with Gasteiger partial charge in [0, 0.05) is 49.0 Å². The van der Waals surface area contributed by atoms with Crippen molar-refractivity contribution in [2.75, 3.05) is 38.1 Å². The third-order valence-electron chi connectivity index (χ3n) is 5.56. The molecule has 1 aromatic carbocycles. The van der Waals surface area contributed by atoms with E-state index in [-0.39, 0.29) is 5.52 Å². The van der Waals surface area contributed by atoms with Crippen LogP contribution in [0.1, 0.15) is 12.0 Å². The quantitative estimate of drug-likeness (QED) is 0.497. The first-order valence-corrected chi connectivity index (χ1v) is 9.49. The summed E-state index contributed by atoms with van der Waals surface area (Å²) in [7, 11) is 2.11. The van der Waals surface area contributed by atoms with Crippen molar-refractivity contribution in [1.82, 2.24) is 19.3 Å². The van der Waals surface area contributed by atoms with E-state index in [0.717, 1.165) is 55.8 Å². The zero-order valence-corrected chi connectivity index (χ0v) is 15.9. The molecule has 29 heavy (non-hydrogen) atoms. The van der Waals surface area contributed by atoms with Crippen molar-refractivity contribution in [1.29, 1.82) is 5.26 Å². The Morgan fingerprint density at radius 2 is 1.86 bits per heavy atom. The second-order valence-electron chi connectivity index (χ2n) is 7.41. The van der Waals surface area contributed by atoms with Crippen LogP contribution in [0.25, 0.3) is 27.7 Å². The summed E-state index contributed by atoms with van der Waals surface area (Å²) in [6, 6.07) is 8.07. The average molecular weight is 392 g/mol. The van der Waals surface area contributed by atoms with Gasteiger partial charge in [-0.3, -0.25) is 4.40 Å². The molecule has 1 aliphatic rings. The van der Waals surface area contributed by atoms with E-state index in [9.17, 15) is 14.0 Å². The highest BCUT2D eigenvalue weighted by atomic mass is 19.2. The van der Waals surface area contributed by atoms with Gasteiger partial charge in [-0.2, -0.15) is 5.26 Å². The highest BCUT2D eigenvalue weighted by Gasteiger charge is 2.20. The molecular weight excluding hydrogens is 374 g/mol. The first kappa shape index (κ1) is 17.8. The van der Waals surface area contributed by atoms with E-state index in [1.807, 2.05) is 6.07 Å². The Bertz CT molecular complexity index is 1310. The molecule has 6 nitrogen and oxygen atoms in total. The topological polar surface area (TPSA) is 60.5 Å². The number of hydrogen-bond acceptors (Lipinski definition) is 5. The van der Waals surface area contributed by atoms with E-state index in [1.54, 1.807) is 16.7 Å². The normalized spacial score (nSPS) is 15.9. The SMILES string of the molecule is CN1CCCN(c2ccnc3c2cc(C#N)c2nc4cc(F)c(F)cc4n23)CC1. The van der Waals surface area contributed by atoms with Crippen LogP contribution < -0.4 is 4.90 Å². The zero-order valence-electron chi connectivity index (χ0n) is 15.9. The van der Waals surface area contributed by atoms with Gasteiger partial charge in [0.1, 0.15) is 11.7 Å². The average Bonchev–Trinajstić information content (AvgIpc) is 2.93. The van der Waals surface area contributed by atoms with Crippen molar-refractivity contribution in [3.8, 4) is 6.07 Å². The number of halogens is 2. The summed E-state index contributed by atoms with van der Waals surface area (Å²) in [4.78, 5) is 13.5. The molecule has 0 amide bonds. The lowest BCUT2D eigenvalue weighted by Crippen LogP contribution is -2.29. The summed E-state index contributed by atoms with van der Waals surface area (Å²) in [5, 5.41) is 10.5. The van der Waals surface area contributed by atoms with Crippen LogP contribution in [0.5, 0.6) is 0 Å². The molecule has 0 saturated carbocycles. The Labute approximate surface area is 165 Å². The minimum Gasteiger partial charge on any atom is -0.370 e. The van der Waals surface area contributed by atoms with Gasteiger partial charge in [-0.05, 0) is 32.1 Å². The van der Waals surface area contributed by atoms with E-state index in [1.165, 1.54) is 0 Å². The summed E-state index contributed by atoms with van der Waals surface area (Å²) < 4.78 is 29.4. The molecule has 3 aromatic heterocycles. The Morgan fingerprint density at radius 3 is 2.69 bits per heavy atom. The molecule has 5 rings (SSSR count). The van der Waals surface area contributed by atoms with Crippen molar-refractivity contribution < 1.29 is 8.78 Å². The van der Waals surface area contributed by atoms with Crippen molar-refractivity contribution >= 4 is 33.4 Å². The van der Waals surface area contributed by atoms with Crippen LogP contribution in [-0.4, -0.2) is 52.5 Å². The van der Waals surface area contributed by atoms with Gasteiger partial charge in [0.05, 0.1) is 16.6 Å². The number of nitrogens with zero attached hydrogens (tertiary/aromatic N) is 6. The van der Waals surface area contributed by atoms with Crippen LogP contribution in [0.3, 0.4) is 0 Å². The second-order valence-corrected chi connectivity index (χ2v) is 7.41. The molecule has 0 aliphatic carbocycles. The Balaban J connectivity index is 1.83. The second kappa shape index (κ2) is 6.64. The summed E-state index contributed by atoms with van der Waals surface area (Å²) in [6.45, 7) is 3.73. The van der Waals surface area contributed by atoms with Crippen molar-refractivity contribution in [3.63, 3.8) is 0 Å². The summed E-state index contributed by atoms with van der Waals surface area (Å²) in [5.41, 5.74) is 2.92. The molecule has 0 spiro atoms. The van der Waals surface area contributed by atoms with Gasteiger partial charge in [-0.15, -0.1) is 0 Å².